The van der Waals surface area contributed by atoms with Gasteiger partial charge in [-0.25, -0.2) is 17.8 Å². The quantitative estimate of drug-likeness (QED) is 0.450. The molecule has 0 bridgehead atoms. The first-order valence-corrected chi connectivity index (χ1v) is 12.7. The highest BCUT2D eigenvalue weighted by atomic mass is 35.5. The van der Waals surface area contributed by atoms with Gasteiger partial charge >= 0.3 is 0 Å². The van der Waals surface area contributed by atoms with Crippen LogP contribution in [0.4, 0.5) is 4.39 Å². The fourth-order valence-corrected chi connectivity index (χ4v) is 6.50. The number of fused-ring (bicyclic) bond motifs is 1. The summed E-state index contributed by atoms with van der Waals surface area (Å²) in [6.07, 6.45) is 1.79. The summed E-state index contributed by atoms with van der Waals surface area (Å²) in [5.74, 6) is 0.0547. The van der Waals surface area contributed by atoms with E-state index in [2.05, 4.69) is 4.57 Å². The molecule has 4 rings (SSSR count). The first kappa shape index (κ1) is 21.6. The standard InChI is InChI=1S/C21H23ClFN3O2S2/c1-14(2)26-20-8-7-17(30(27,28)25-9-3-4-10-25)12-19(20)24-21(26)29-13-15-5-6-16(22)11-18(15)23/h5-8,11-12,14H,3-4,9-10,13H2,1-2H3. The summed E-state index contributed by atoms with van der Waals surface area (Å²) in [6, 6.07) is 9.89. The minimum atomic E-state index is -3.50. The number of rotatable bonds is 6. The predicted octanol–water partition coefficient (Wildman–Crippen LogP) is 5.49. The third-order valence-electron chi connectivity index (χ3n) is 5.22. The second-order valence-electron chi connectivity index (χ2n) is 7.64. The molecular weight excluding hydrogens is 445 g/mol. The van der Waals surface area contributed by atoms with E-state index in [-0.39, 0.29) is 16.8 Å². The lowest BCUT2D eigenvalue weighted by Crippen LogP contribution is -2.27. The number of halogens is 2. The van der Waals surface area contributed by atoms with Crippen molar-refractivity contribution in [1.29, 1.82) is 0 Å². The maximum atomic E-state index is 14.2. The molecule has 0 atom stereocenters. The summed E-state index contributed by atoms with van der Waals surface area (Å²) in [7, 11) is -3.50. The molecule has 1 aromatic heterocycles. The number of nitrogens with zero attached hydrogens (tertiary/aromatic N) is 3. The number of thioether (sulfide) groups is 1. The average molecular weight is 468 g/mol. The van der Waals surface area contributed by atoms with Crippen molar-refractivity contribution in [2.75, 3.05) is 13.1 Å². The van der Waals surface area contributed by atoms with Crippen LogP contribution in [0.2, 0.25) is 5.02 Å². The third kappa shape index (κ3) is 4.10. The maximum Gasteiger partial charge on any atom is 0.243 e. The molecule has 0 N–H and O–H groups in total. The molecular formula is C21H23ClFN3O2S2. The zero-order chi connectivity index (χ0) is 21.5. The lowest BCUT2D eigenvalue weighted by Gasteiger charge is -2.16. The molecule has 0 aliphatic carbocycles. The molecule has 160 valence electrons. The smallest absolute Gasteiger partial charge is 0.243 e. The Labute approximate surface area is 185 Å². The third-order valence-corrected chi connectivity index (χ3v) is 8.35. The molecule has 0 radical (unpaired) electrons. The number of sulfonamides is 1. The zero-order valence-electron chi connectivity index (χ0n) is 16.8. The maximum absolute atomic E-state index is 14.2. The van der Waals surface area contributed by atoms with E-state index in [9.17, 15) is 12.8 Å². The van der Waals surface area contributed by atoms with Gasteiger partial charge in [-0.15, -0.1) is 0 Å². The SMILES string of the molecule is CC(C)n1c(SCc2ccc(Cl)cc2F)nc2cc(S(=O)(=O)N3CCCC3)ccc21. The second kappa shape index (κ2) is 8.49. The number of benzene rings is 2. The summed E-state index contributed by atoms with van der Waals surface area (Å²) in [4.78, 5) is 4.96. The van der Waals surface area contributed by atoms with Crippen molar-refractivity contribution in [3.05, 3.63) is 52.8 Å². The van der Waals surface area contributed by atoms with Crippen LogP contribution in [0.25, 0.3) is 11.0 Å². The fourth-order valence-electron chi connectivity index (χ4n) is 3.68. The predicted molar refractivity (Wildman–Crippen MR) is 119 cm³/mol. The van der Waals surface area contributed by atoms with Crippen LogP contribution in [0.15, 0.2) is 46.5 Å². The minimum Gasteiger partial charge on any atom is -0.316 e. The molecule has 2 heterocycles. The Kier molecular flexibility index (Phi) is 6.12. The van der Waals surface area contributed by atoms with Gasteiger partial charge in [0.2, 0.25) is 10.0 Å². The van der Waals surface area contributed by atoms with E-state index in [4.69, 9.17) is 16.6 Å². The zero-order valence-corrected chi connectivity index (χ0v) is 19.2. The molecule has 3 aromatic rings. The molecule has 0 spiro atoms. The molecule has 30 heavy (non-hydrogen) atoms. The van der Waals surface area contributed by atoms with E-state index < -0.39 is 10.0 Å². The summed E-state index contributed by atoms with van der Waals surface area (Å²) in [5.41, 5.74) is 2.04. The van der Waals surface area contributed by atoms with E-state index in [1.54, 1.807) is 24.3 Å². The Balaban J connectivity index is 1.68. The molecule has 0 saturated carbocycles. The van der Waals surface area contributed by atoms with Crippen LogP contribution in [0, 0.1) is 5.82 Å². The van der Waals surface area contributed by atoms with Crippen LogP contribution in [0.5, 0.6) is 0 Å². The van der Waals surface area contributed by atoms with Crippen molar-refractivity contribution in [2.45, 2.75) is 48.5 Å². The number of imidazole rings is 1. The molecule has 5 nitrogen and oxygen atoms in total. The normalized spacial score (nSPS) is 15.5. The van der Waals surface area contributed by atoms with Gasteiger partial charge in [0.05, 0.1) is 15.9 Å². The number of hydrogen-bond donors (Lipinski definition) is 0. The largest absolute Gasteiger partial charge is 0.316 e. The van der Waals surface area contributed by atoms with Gasteiger partial charge in [-0.05, 0) is 62.6 Å². The van der Waals surface area contributed by atoms with Gasteiger partial charge in [0, 0.05) is 29.9 Å². The summed E-state index contributed by atoms with van der Waals surface area (Å²) in [6.45, 7) is 5.22. The van der Waals surface area contributed by atoms with Crippen molar-refractivity contribution in [3.63, 3.8) is 0 Å². The van der Waals surface area contributed by atoms with E-state index >= 15 is 0 Å². The van der Waals surface area contributed by atoms with E-state index in [0.29, 0.717) is 34.9 Å². The van der Waals surface area contributed by atoms with Crippen LogP contribution >= 0.6 is 23.4 Å². The second-order valence-corrected chi connectivity index (χ2v) is 11.0. The summed E-state index contributed by atoms with van der Waals surface area (Å²) >= 11 is 7.26. The van der Waals surface area contributed by atoms with Crippen LogP contribution in [0.3, 0.4) is 0 Å². The van der Waals surface area contributed by atoms with Gasteiger partial charge in [0.1, 0.15) is 5.82 Å². The summed E-state index contributed by atoms with van der Waals surface area (Å²) in [5, 5.41) is 1.09. The first-order valence-electron chi connectivity index (χ1n) is 9.86. The monoisotopic (exact) mass is 467 g/mol. The molecule has 9 heteroatoms. The Bertz CT molecular complexity index is 1190. The molecule has 2 aromatic carbocycles. The highest BCUT2D eigenvalue weighted by Gasteiger charge is 2.28. The fraction of sp³-hybridized carbons (Fsp3) is 0.381. The van der Waals surface area contributed by atoms with Gasteiger partial charge < -0.3 is 4.57 Å². The minimum absolute atomic E-state index is 0.119. The molecule has 1 fully saturated rings. The molecule has 1 aliphatic rings. The van der Waals surface area contributed by atoms with Gasteiger partial charge in [0.15, 0.2) is 5.16 Å². The number of aromatic nitrogens is 2. The highest BCUT2D eigenvalue weighted by Crippen LogP contribution is 2.32. The highest BCUT2D eigenvalue weighted by molar-refractivity contribution is 7.98. The topological polar surface area (TPSA) is 55.2 Å². The van der Waals surface area contributed by atoms with Crippen molar-refractivity contribution in [2.24, 2.45) is 0 Å². The molecule has 0 unspecified atom stereocenters. The van der Waals surface area contributed by atoms with Gasteiger partial charge in [-0.3, -0.25) is 0 Å². The van der Waals surface area contributed by atoms with E-state index in [1.807, 2.05) is 19.9 Å². The van der Waals surface area contributed by atoms with Crippen molar-refractivity contribution >= 4 is 44.4 Å². The summed E-state index contributed by atoms with van der Waals surface area (Å²) < 4.78 is 43.6. The van der Waals surface area contributed by atoms with Crippen LogP contribution in [-0.2, 0) is 15.8 Å². The average Bonchev–Trinajstić information content (AvgIpc) is 3.35. The van der Waals surface area contributed by atoms with Crippen LogP contribution < -0.4 is 0 Å². The Hall–Kier alpha value is -1.61. The molecule has 0 amide bonds. The Morgan fingerprint density at radius 3 is 2.57 bits per heavy atom. The van der Waals surface area contributed by atoms with Gasteiger partial charge in [0.25, 0.3) is 0 Å². The van der Waals surface area contributed by atoms with Gasteiger partial charge in [-0.2, -0.15) is 4.31 Å². The van der Waals surface area contributed by atoms with Crippen LogP contribution in [0.1, 0.15) is 38.3 Å². The Morgan fingerprint density at radius 1 is 1.17 bits per heavy atom. The van der Waals surface area contributed by atoms with Crippen molar-refractivity contribution in [1.82, 2.24) is 13.9 Å². The Morgan fingerprint density at radius 2 is 1.90 bits per heavy atom. The van der Waals surface area contributed by atoms with Crippen molar-refractivity contribution in [3.8, 4) is 0 Å². The first-order chi connectivity index (χ1) is 14.3. The van der Waals surface area contributed by atoms with E-state index in [0.717, 1.165) is 23.5 Å². The van der Waals surface area contributed by atoms with Gasteiger partial charge in [-0.1, -0.05) is 29.4 Å². The van der Waals surface area contributed by atoms with Crippen molar-refractivity contribution < 1.29 is 12.8 Å². The molecule has 1 aliphatic heterocycles. The van der Waals surface area contributed by atoms with Crippen LogP contribution in [-0.4, -0.2) is 35.4 Å². The molecule has 1 saturated heterocycles. The lowest BCUT2D eigenvalue weighted by molar-refractivity contribution is 0.477. The number of hydrogen-bond acceptors (Lipinski definition) is 4. The van der Waals surface area contributed by atoms with E-state index in [1.165, 1.54) is 22.1 Å². The lowest BCUT2D eigenvalue weighted by atomic mass is 10.2.